The van der Waals surface area contributed by atoms with Gasteiger partial charge in [0.15, 0.2) is 0 Å². The Kier molecular flexibility index (Phi) is 5.94. The Hall–Kier alpha value is -2.81. The summed E-state index contributed by atoms with van der Waals surface area (Å²) in [7, 11) is -2.19. The van der Waals surface area contributed by atoms with E-state index in [2.05, 4.69) is 5.32 Å². The predicted molar refractivity (Wildman–Crippen MR) is 112 cm³/mol. The van der Waals surface area contributed by atoms with Gasteiger partial charge >= 0.3 is 0 Å². The molecule has 30 heavy (non-hydrogen) atoms. The van der Waals surface area contributed by atoms with Gasteiger partial charge in [0.2, 0.25) is 15.9 Å². The van der Waals surface area contributed by atoms with Crippen molar-refractivity contribution >= 4 is 21.6 Å². The molecule has 0 unspecified atom stereocenters. The van der Waals surface area contributed by atoms with E-state index < -0.39 is 33.9 Å². The minimum absolute atomic E-state index is 0.214. The molecule has 0 fully saturated rings. The normalized spacial score (nSPS) is 17.4. The zero-order valence-corrected chi connectivity index (χ0v) is 18.1. The van der Waals surface area contributed by atoms with Crippen LogP contribution >= 0.6 is 0 Å². The van der Waals surface area contributed by atoms with E-state index in [0.29, 0.717) is 17.9 Å². The largest absolute Gasteiger partial charge is 0.497 e. The summed E-state index contributed by atoms with van der Waals surface area (Å²) in [5.74, 6) is 0.271. The van der Waals surface area contributed by atoms with E-state index in [1.54, 1.807) is 19.2 Å². The highest BCUT2D eigenvalue weighted by molar-refractivity contribution is 7.92. The minimum Gasteiger partial charge on any atom is -0.497 e. The molecule has 0 aliphatic carbocycles. The molecule has 7 nitrogen and oxygen atoms in total. The lowest BCUT2D eigenvalue weighted by Crippen LogP contribution is -2.45. The molecule has 1 amide bonds. The van der Waals surface area contributed by atoms with Gasteiger partial charge in [0, 0.05) is 18.1 Å². The summed E-state index contributed by atoms with van der Waals surface area (Å²) in [6.07, 6.45) is 1.51. The maximum atomic E-state index is 13.2. The zero-order chi connectivity index (χ0) is 22.1. The van der Waals surface area contributed by atoms with Crippen LogP contribution in [0.2, 0.25) is 0 Å². The summed E-state index contributed by atoms with van der Waals surface area (Å²) in [6, 6.07) is 9.94. The van der Waals surface area contributed by atoms with Crippen LogP contribution in [0.5, 0.6) is 11.5 Å². The third kappa shape index (κ3) is 5.02. The number of halogens is 1. The van der Waals surface area contributed by atoms with E-state index in [4.69, 9.17) is 9.47 Å². The van der Waals surface area contributed by atoms with E-state index >= 15 is 0 Å². The lowest BCUT2D eigenvalue weighted by Gasteiger charge is -2.38. The van der Waals surface area contributed by atoms with Gasteiger partial charge in [-0.3, -0.25) is 9.10 Å². The van der Waals surface area contributed by atoms with Gasteiger partial charge in [-0.15, -0.1) is 0 Å². The van der Waals surface area contributed by atoms with Crippen LogP contribution in [0.1, 0.15) is 31.9 Å². The van der Waals surface area contributed by atoms with Gasteiger partial charge in [-0.05, 0) is 50.2 Å². The number of fused-ring (bicyclic) bond motifs is 1. The van der Waals surface area contributed by atoms with Gasteiger partial charge in [0.1, 0.15) is 29.5 Å². The lowest BCUT2D eigenvalue weighted by atomic mass is 9.89. The molecule has 0 aromatic heterocycles. The first-order chi connectivity index (χ1) is 14.0. The maximum Gasteiger partial charge on any atom is 0.241 e. The first-order valence-electron chi connectivity index (χ1n) is 9.38. The number of methoxy groups -OCH3 is 1. The minimum atomic E-state index is -3.75. The summed E-state index contributed by atoms with van der Waals surface area (Å²) in [6.45, 7) is 3.40. The number of hydrogen-bond acceptors (Lipinski definition) is 5. The van der Waals surface area contributed by atoms with Gasteiger partial charge in [-0.2, -0.15) is 0 Å². The molecule has 2 aromatic carbocycles. The Balaban J connectivity index is 1.83. The van der Waals surface area contributed by atoms with Crippen LogP contribution in [0.4, 0.5) is 10.1 Å². The molecule has 1 aliphatic heterocycles. The first-order valence-corrected chi connectivity index (χ1v) is 11.2. The van der Waals surface area contributed by atoms with Crippen LogP contribution in [-0.2, 0) is 14.8 Å². The number of anilines is 1. The average molecular weight is 437 g/mol. The fraction of sp³-hybridized carbons (Fsp3) is 0.381. The van der Waals surface area contributed by atoms with Gasteiger partial charge in [-0.25, -0.2) is 12.8 Å². The molecule has 2 aromatic rings. The van der Waals surface area contributed by atoms with Crippen molar-refractivity contribution in [3.05, 3.63) is 53.8 Å². The van der Waals surface area contributed by atoms with E-state index in [9.17, 15) is 17.6 Å². The van der Waals surface area contributed by atoms with Crippen LogP contribution in [0, 0.1) is 5.82 Å². The molecule has 1 atom stereocenters. The molecule has 0 saturated carbocycles. The summed E-state index contributed by atoms with van der Waals surface area (Å²) in [5.41, 5.74) is 0.466. The van der Waals surface area contributed by atoms with Crippen molar-refractivity contribution < 1.29 is 27.1 Å². The van der Waals surface area contributed by atoms with Crippen molar-refractivity contribution in [1.82, 2.24) is 5.32 Å². The highest BCUT2D eigenvalue weighted by Gasteiger charge is 2.35. The Labute approximate surface area is 175 Å². The van der Waals surface area contributed by atoms with Crippen molar-refractivity contribution in [1.29, 1.82) is 0 Å². The second-order valence-electron chi connectivity index (χ2n) is 7.84. The summed E-state index contributed by atoms with van der Waals surface area (Å²) in [5, 5.41) is 2.91. The number of rotatable bonds is 6. The van der Waals surface area contributed by atoms with E-state index in [-0.39, 0.29) is 11.7 Å². The molecular weight excluding hydrogens is 411 g/mol. The zero-order valence-electron chi connectivity index (χ0n) is 17.3. The molecule has 0 saturated heterocycles. The Morgan fingerprint density at radius 1 is 1.27 bits per heavy atom. The quantitative estimate of drug-likeness (QED) is 0.753. The SMILES string of the molecule is COc1ccc2c(c1)OC(C)(C)C[C@@H]2NC(=O)CN(c1ccc(F)cc1)S(C)(=O)=O. The lowest BCUT2D eigenvalue weighted by molar-refractivity contribution is -0.120. The number of sulfonamides is 1. The van der Waals surface area contributed by atoms with Gasteiger partial charge < -0.3 is 14.8 Å². The molecule has 3 rings (SSSR count). The number of hydrogen-bond donors (Lipinski definition) is 1. The first kappa shape index (κ1) is 21.9. The molecule has 0 spiro atoms. The second-order valence-corrected chi connectivity index (χ2v) is 9.74. The van der Waals surface area contributed by atoms with Gasteiger partial charge in [0.05, 0.1) is 25.1 Å². The van der Waals surface area contributed by atoms with Crippen molar-refractivity contribution in [2.24, 2.45) is 0 Å². The number of carbonyl (C=O) groups is 1. The molecule has 0 radical (unpaired) electrons. The second kappa shape index (κ2) is 8.14. The Bertz CT molecular complexity index is 1040. The summed E-state index contributed by atoms with van der Waals surface area (Å²) in [4.78, 5) is 12.8. The van der Waals surface area contributed by atoms with Crippen molar-refractivity contribution in [2.45, 2.75) is 31.9 Å². The fourth-order valence-corrected chi connectivity index (χ4v) is 4.32. The molecule has 1 heterocycles. The smallest absolute Gasteiger partial charge is 0.241 e. The molecule has 1 N–H and O–H groups in total. The summed E-state index contributed by atoms with van der Waals surface area (Å²) < 4.78 is 49.9. The van der Waals surface area contributed by atoms with Crippen LogP contribution in [-0.4, -0.2) is 39.8 Å². The molecule has 1 aliphatic rings. The predicted octanol–water partition coefficient (Wildman–Crippen LogP) is 3.02. The topological polar surface area (TPSA) is 84.9 Å². The highest BCUT2D eigenvalue weighted by atomic mass is 32.2. The Morgan fingerprint density at radius 3 is 2.53 bits per heavy atom. The van der Waals surface area contributed by atoms with Crippen LogP contribution < -0.4 is 19.1 Å². The van der Waals surface area contributed by atoms with E-state index in [1.807, 2.05) is 19.9 Å². The van der Waals surface area contributed by atoms with Crippen LogP contribution in [0.15, 0.2) is 42.5 Å². The number of nitrogens with zero attached hydrogens (tertiary/aromatic N) is 1. The van der Waals surface area contributed by atoms with Crippen LogP contribution in [0.3, 0.4) is 0 Å². The number of amides is 1. The van der Waals surface area contributed by atoms with Crippen molar-refractivity contribution in [2.75, 3.05) is 24.2 Å². The molecular formula is C21H25FN2O5S. The molecule has 162 valence electrons. The monoisotopic (exact) mass is 436 g/mol. The number of ether oxygens (including phenoxy) is 2. The maximum absolute atomic E-state index is 13.2. The third-order valence-corrected chi connectivity index (χ3v) is 5.96. The van der Waals surface area contributed by atoms with Gasteiger partial charge in [0.25, 0.3) is 0 Å². The number of benzene rings is 2. The van der Waals surface area contributed by atoms with Crippen LogP contribution in [0.25, 0.3) is 0 Å². The van der Waals surface area contributed by atoms with E-state index in [1.165, 1.54) is 12.1 Å². The van der Waals surface area contributed by atoms with Crippen molar-refractivity contribution in [3.8, 4) is 11.5 Å². The Morgan fingerprint density at radius 2 is 1.93 bits per heavy atom. The molecule has 9 heteroatoms. The third-order valence-electron chi connectivity index (χ3n) is 4.82. The average Bonchev–Trinajstić information content (AvgIpc) is 2.64. The summed E-state index contributed by atoms with van der Waals surface area (Å²) >= 11 is 0. The van der Waals surface area contributed by atoms with E-state index in [0.717, 1.165) is 28.3 Å². The van der Waals surface area contributed by atoms with Gasteiger partial charge in [-0.1, -0.05) is 0 Å². The number of nitrogens with one attached hydrogen (secondary N) is 1. The fourth-order valence-electron chi connectivity index (χ4n) is 3.47. The highest BCUT2D eigenvalue weighted by Crippen LogP contribution is 2.41. The number of carbonyl (C=O) groups excluding carboxylic acids is 1. The van der Waals surface area contributed by atoms with Crippen molar-refractivity contribution in [3.63, 3.8) is 0 Å². The molecule has 0 bridgehead atoms. The standard InChI is InChI=1S/C21H25FN2O5S/c1-21(2)12-18(17-10-9-16(28-3)11-19(17)29-21)23-20(25)13-24(30(4,26)27)15-7-5-14(22)6-8-15/h5-11,18H,12-13H2,1-4H3,(H,23,25)/t18-/m0/s1.